The van der Waals surface area contributed by atoms with Crippen molar-refractivity contribution in [3.8, 4) is 5.69 Å². The van der Waals surface area contributed by atoms with Crippen molar-refractivity contribution in [1.82, 2.24) is 19.7 Å². The molecule has 0 amide bonds. The van der Waals surface area contributed by atoms with Crippen molar-refractivity contribution >= 4 is 22.6 Å². The third kappa shape index (κ3) is 1.52. The van der Waals surface area contributed by atoms with Crippen LogP contribution in [0, 0.1) is 0 Å². The van der Waals surface area contributed by atoms with E-state index in [2.05, 4.69) is 15.2 Å². The van der Waals surface area contributed by atoms with E-state index in [1.54, 1.807) is 12.1 Å². The number of hydrogen-bond acceptors (Lipinski definition) is 3. The fourth-order valence-electron chi connectivity index (χ4n) is 1.67. The third-order valence-electron chi connectivity index (χ3n) is 2.46. The predicted octanol–water partition coefficient (Wildman–Crippen LogP) is 1.76. The van der Waals surface area contributed by atoms with Gasteiger partial charge >= 0.3 is 0 Å². The molecular weight excluding hydrogens is 240 g/mol. The molecule has 5 nitrogen and oxygen atoms in total. The van der Waals surface area contributed by atoms with Crippen LogP contribution in [0.3, 0.4) is 0 Å². The SMILES string of the molecule is O=c1c2cn[nH]c2nc(Cl)n1-c1ccccc1. The normalized spacial score (nSPS) is 10.9. The highest BCUT2D eigenvalue weighted by molar-refractivity contribution is 6.29. The largest absolute Gasteiger partial charge is 0.270 e. The molecule has 3 rings (SSSR count). The molecule has 0 unspecified atom stereocenters. The van der Waals surface area contributed by atoms with Crippen LogP contribution in [0.4, 0.5) is 0 Å². The van der Waals surface area contributed by atoms with Crippen molar-refractivity contribution in [2.75, 3.05) is 0 Å². The second kappa shape index (κ2) is 3.71. The molecule has 0 spiro atoms. The van der Waals surface area contributed by atoms with Gasteiger partial charge in [-0.1, -0.05) is 18.2 Å². The predicted molar refractivity (Wildman–Crippen MR) is 64.5 cm³/mol. The number of halogens is 1. The van der Waals surface area contributed by atoms with E-state index < -0.39 is 0 Å². The zero-order chi connectivity index (χ0) is 11.8. The molecule has 84 valence electrons. The maximum absolute atomic E-state index is 12.2. The molecule has 0 aliphatic carbocycles. The van der Waals surface area contributed by atoms with Crippen LogP contribution < -0.4 is 5.56 Å². The number of benzene rings is 1. The van der Waals surface area contributed by atoms with Crippen LogP contribution in [-0.2, 0) is 0 Å². The summed E-state index contributed by atoms with van der Waals surface area (Å²) in [5.41, 5.74) is 0.838. The molecule has 1 aromatic carbocycles. The van der Waals surface area contributed by atoms with Gasteiger partial charge in [-0.15, -0.1) is 0 Å². The van der Waals surface area contributed by atoms with Crippen LogP contribution in [0.2, 0.25) is 5.28 Å². The number of fused-ring (bicyclic) bond motifs is 1. The smallest absolute Gasteiger partial charge is 0.268 e. The summed E-state index contributed by atoms with van der Waals surface area (Å²) in [5.74, 6) is 0. The summed E-state index contributed by atoms with van der Waals surface area (Å²) in [5, 5.41) is 6.92. The van der Waals surface area contributed by atoms with Crippen LogP contribution in [0.25, 0.3) is 16.7 Å². The number of hydrogen-bond donors (Lipinski definition) is 1. The zero-order valence-electron chi connectivity index (χ0n) is 8.59. The summed E-state index contributed by atoms with van der Waals surface area (Å²) in [7, 11) is 0. The van der Waals surface area contributed by atoms with Crippen LogP contribution in [0.1, 0.15) is 0 Å². The van der Waals surface area contributed by atoms with E-state index in [9.17, 15) is 4.79 Å². The summed E-state index contributed by atoms with van der Waals surface area (Å²) in [6.45, 7) is 0. The van der Waals surface area contributed by atoms with E-state index >= 15 is 0 Å². The van der Waals surface area contributed by atoms with Crippen molar-refractivity contribution in [3.63, 3.8) is 0 Å². The second-order valence-corrected chi connectivity index (χ2v) is 3.83. The third-order valence-corrected chi connectivity index (χ3v) is 2.71. The highest BCUT2D eigenvalue weighted by atomic mass is 35.5. The topological polar surface area (TPSA) is 63.6 Å². The number of para-hydroxylation sites is 1. The van der Waals surface area contributed by atoms with Crippen molar-refractivity contribution in [3.05, 3.63) is 52.2 Å². The molecule has 0 bridgehead atoms. The van der Waals surface area contributed by atoms with E-state index in [4.69, 9.17) is 11.6 Å². The molecule has 1 N–H and O–H groups in total. The quantitative estimate of drug-likeness (QED) is 0.666. The molecule has 0 saturated heterocycles. The molecule has 3 aromatic rings. The number of aromatic amines is 1. The maximum Gasteiger partial charge on any atom is 0.270 e. The van der Waals surface area contributed by atoms with Crippen LogP contribution in [0.5, 0.6) is 0 Å². The molecule has 2 aromatic heterocycles. The molecule has 17 heavy (non-hydrogen) atoms. The lowest BCUT2D eigenvalue weighted by Gasteiger charge is -2.06. The van der Waals surface area contributed by atoms with E-state index in [0.29, 0.717) is 16.7 Å². The Morgan fingerprint density at radius 3 is 2.76 bits per heavy atom. The van der Waals surface area contributed by atoms with Crippen molar-refractivity contribution in [1.29, 1.82) is 0 Å². The van der Waals surface area contributed by atoms with E-state index in [1.165, 1.54) is 10.8 Å². The van der Waals surface area contributed by atoms with Crippen molar-refractivity contribution < 1.29 is 0 Å². The average molecular weight is 247 g/mol. The maximum atomic E-state index is 12.2. The summed E-state index contributed by atoms with van der Waals surface area (Å²) in [4.78, 5) is 16.3. The standard InChI is InChI=1S/C11H7ClN4O/c12-11-14-9-8(6-13-15-9)10(17)16(11)7-4-2-1-3-5-7/h1-6H,(H,13,15). The van der Waals surface area contributed by atoms with Crippen molar-refractivity contribution in [2.45, 2.75) is 0 Å². The van der Waals surface area contributed by atoms with E-state index in [0.717, 1.165) is 0 Å². The molecule has 6 heteroatoms. The lowest BCUT2D eigenvalue weighted by atomic mass is 10.3. The fourth-order valence-corrected chi connectivity index (χ4v) is 1.93. The highest BCUT2D eigenvalue weighted by Crippen LogP contribution is 2.14. The minimum Gasteiger partial charge on any atom is -0.268 e. The van der Waals surface area contributed by atoms with Gasteiger partial charge in [-0.25, -0.2) is 0 Å². The summed E-state index contributed by atoms with van der Waals surface area (Å²) in [6.07, 6.45) is 1.44. The number of nitrogens with zero attached hydrogens (tertiary/aromatic N) is 3. The summed E-state index contributed by atoms with van der Waals surface area (Å²) >= 11 is 6.00. The van der Waals surface area contributed by atoms with Gasteiger partial charge in [0.05, 0.1) is 11.9 Å². The van der Waals surface area contributed by atoms with E-state index in [-0.39, 0.29) is 10.8 Å². The van der Waals surface area contributed by atoms with Gasteiger partial charge in [0.25, 0.3) is 5.56 Å². The Hall–Kier alpha value is -2.14. The first-order valence-electron chi connectivity index (χ1n) is 4.94. The Balaban J connectivity index is 2.40. The van der Waals surface area contributed by atoms with Crippen LogP contribution >= 0.6 is 11.6 Å². The molecule has 0 fully saturated rings. The first-order chi connectivity index (χ1) is 8.27. The molecule has 0 aliphatic heterocycles. The Bertz CT molecular complexity index is 732. The van der Waals surface area contributed by atoms with Gasteiger partial charge < -0.3 is 0 Å². The number of aromatic nitrogens is 4. The molecule has 0 aliphatic rings. The van der Waals surface area contributed by atoms with Gasteiger partial charge in [0, 0.05) is 0 Å². The van der Waals surface area contributed by atoms with Gasteiger partial charge in [-0.3, -0.25) is 14.5 Å². The molecular formula is C11H7ClN4O. The lowest BCUT2D eigenvalue weighted by molar-refractivity contribution is 0.959. The lowest BCUT2D eigenvalue weighted by Crippen LogP contribution is -2.19. The number of nitrogens with one attached hydrogen (secondary N) is 1. The number of H-pyrrole nitrogens is 1. The average Bonchev–Trinajstić information content (AvgIpc) is 2.78. The fraction of sp³-hybridized carbons (Fsp3) is 0. The molecule has 2 heterocycles. The van der Waals surface area contributed by atoms with Gasteiger partial charge in [-0.05, 0) is 23.7 Å². The van der Waals surface area contributed by atoms with E-state index in [1.807, 2.05) is 18.2 Å². The minimum atomic E-state index is -0.236. The minimum absolute atomic E-state index is 0.109. The summed E-state index contributed by atoms with van der Waals surface area (Å²) < 4.78 is 1.35. The van der Waals surface area contributed by atoms with Crippen LogP contribution in [0.15, 0.2) is 41.3 Å². The molecule has 0 saturated carbocycles. The summed E-state index contributed by atoms with van der Waals surface area (Å²) in [6, 6.07) is 9.11. The molecule has 0 atom stereocenters. The Morgan fingerprint density at radius 1 is 1.24 bits per heavy atom. The first kappa shape index (κ1) is 10.0. The van der Waals surface area contributed by atoms with Crippen molar-refractivity contribution in [2.24, 2.45) is 0 Å². The van der Waals surface area contributed by atoms with Gasteiger partial charge in [0.15, 0.2) is 5.65 Å². The number of rotatable bonds is 1. The van der Waals surface area contributed by atoms with Gasteiger partial charge in [0.1, 0.15) is 5.39 Å². The Morgan fingerprint density at radius 2 is 2.00 bits per heavy atom. The monoisotopic (exact) mass is 246 g/mol. The zero-order valence-corrected chi connectivity index (χ0v) is 9.35. The highest BCUT2D eigenvalue weighted by Gasteiger charge is 2.11. The van der Waals surface area contributed by atoms with Gasteiger partial charge in [0.2, 0.25) is 5.28 Å². The Labute approximate surface area is 101 Å². The molecule has 0 radical (unpaired) electrons. The Kier molecular flexibility index (Phi) is 2.19. The first-order valence-corrected chi connectivity index (χ1v) is 5.32. The second-order valence-electron chi connectivity index (χ2n) is 3.49. The van der Waals surface area contributed by atoms with Crippen LogP contribution in [-0.4, -0.2) is 19.7 Å². The van der Waals surface area contributed by atoms with Gasteiger partial charge in [-0.2, -0.15) is 10.1 Å².